The van der Waals surface area contributed by atoms with E-state index in [0.717, 1.165) is 44.7 Å². The van der Waals surface area contributed by atoms with Crippen molar-refractivity contribution in [3.05, 3.63) is 79.1 Å². The molecular weight excluding hydrogens is 346 g/mol. The third kappa shape index (κ3) is 2.42. The molecule has 4 heterocycles. The van der Waals surface area contributed by atoms with Gasteiger partial charge in [0, 0.05) is 41.1 Å². The molecule has 1 aromatic carbocycles. The molecule has 0 fully saturated rings. The first-order chi connectivity index (χ1) is 13.6. The van der Waals surface area contributed by atoms with Gasteiger partial charge in [0.05, 0.1) is 0 Å². The molecule has 4 heteroatoms. The minimum Gasteiger partial charge on any atom is -0.449 e. The second-order valence-electron chi connectivity index (χ2n) is 7.17. The number of pyridine rings is 3. The molecule has 136 valence electrons. The van der Waals surface area contributed by atoms with Gasteiger partial charge in [-0.3, -0.25) is 0 Å². The van der Waals surface area contributed by atoms with Gasteiger partial charge in [0.15, 0.2) is 12.4 Å². The van der Waals surface area contributed by atoms with E-state index in [1.54, 1.807) is 0 Å². The second-order valence-corrected chi connectivity index (χ2v) is 7.17. The van der Waals surface area contributed by atoms with E-state index in [2.05, 4.69) is 95.8 Å². The maximum atomic E-state index is 6.30. The third-order valence-corrected chi connectivity index (χ3v) is 5.46. The van der Waals surface area contributed by atoms with Crippen molar-refractivity contribution in [1.29, 1.82) is 0 Å². The van der Waals surface area contributed by atoms with Gasteiger partial charge in [-0.1, -0.05) is 18.2 Å². The van der Waals surface area contributed by atoms with Gasteiger partial charge >= 0.3 is 5.69 Å². The number of para-hydroxylation sites is 1. The van der Waals surface area contributed by atoms with E-state index in [4.69, 9.17) is 4.42 Å². The average Bonchev–Trinajstić information content (AvgIpc) is 3.08. The second kappa shape index (κ2) is 6.27. The molecule has 0 aliphatic carbocycles. The van der Waals surface area contributed by atoms with Gasteiger partial charge in [-0.25, -0.2) is 0 Å². The number of benzene rings is 1. The minimum absolute atomic E-state index is 0.913. The molecule has 0 atom stereocenters. The normalized spacial score (nSPS) is 11.4. The van der Waals surface area contributed by atoms with E-state index in [-0.39, 0.29) is 0 Å². The van der Waals surface area contributed by atoms with E-state index in [1.165, 1.54) is 0 Å². The molecule has 4 nitrogen and oxygen atoms in total. The molecule has 28 heavy (non-hydrogen) atoms. The van der Waals surface area contributed by atoms with E-state index in [1.807, 2.05) is 18.2 Å². The molecule has 0 aliphatic rings. The zero-order chi connectivity index (χ0) is 19.3. The van der Waals surface area contributed by atoms with Crippen LogP contribution in [0.15, 0.2) is 83.5 Å². The molecule has 0 aliphatic heterocycles. The van der Waals surface area contributed by atoms with Crippen LogP contribution in [0.3, 0.4) is 0 Å². The monoisotopic (exact) mass is 368 g/mol. The van der Waals surface area contributed by atoms with Gasteiger partial charge in [0.25, 0.3) is 17.1 Å². The van der Waals surface area contributed by atoms with Crippen LogP contribution in [0.1, 0.15) is 0 Å². The number of aromatic nitrogens is 3. The molecule has 0 bridgehead atoms. The summed E-state index contributed by atoms with van der Waals surface area (Å²) in [6.07, 6.45) is 4.18. The Balaban J connectivity index is 1.83. The maximum Gasteiger partial charge on any atom is 0.320 e. The highest BCUT2D eigenvalue weighted by molar-refractivity contribution is 6.07. The van der Waals surface area contributed by atoms with E-state index < -0.39 is 0 Å². The first-order valence-corrected chi connectivity index (χ1v) is 9.39. The number of hydrogen-bond donors (Lipinski definition) is 0. The van der Waals surface area contributed by atoms with Crippen molar-refractivity contribution < 1.29 is 18.1 Å². The molecule has 5 aromatic rings. The summed E-state index contributed by atoms with van der Waals surface area (Å²) in [4.78, 5) is 0. The lowest BCUT2D eigenvalue weighted by Crippen LogP contribution is -2.42. The lowest BCUT2D eigenvalue weighted by molar-refractivity contribution is -0.697. The minimum atomic E-state index is 0.913. The average molecular weight is 368 g/mol. The van der Waals surface area contributed by atoms with Crippen LogP contribution in [0.4, 0.5) is 0 Å². The first kappa shape index (κ1) is 16.6. The van der Waals surface area contributed by atoms with Crippen molar-refractivity contribution in [2.45, 2.75) is 0 Å². The van der Waals surface area contributed by atoms with Crippen LogP contribution >= 0.6 is 0 Å². The molecule has 0 saturated heterocycles. The van der Waals surface area contributed by atoms with Gasteiger partial charge < -0.3 is 4.42 Å². The van der Waals surface area contributed by atoms with Crippen molar-refractivity contribution in [2.75, 3.05) is 0 Å². The summed E-state index contributed by atoms with van der Waals surface area (Å²) in [7, 11) is 6.25. The van der Waals surface area contributed by atoms with E-state index in [0.29, 0.717) is 0 Å². The van der Waals surface area contributed by atoms with Crippen molar-refractivity contribution in [1.82, 2.24) is 0 Å². The van der Waals surface area contributed by atoms with Gasteiger partial charge in [0.2, 0.25) is 5.58 Å². The zero-order valence-electron chi connectivity index (χ0n) is 16.3. The van der Waals surface area contributed by atoms with Crippen LogP contribution < -0.4 is 13.7 Å². The number of furan rings is 1. The van der Waals surface area contributed by atoms with Gasteiger partial charge in [-0.2, -0.15) is 13.7 Å². The molecule has 0 amide bonds. The molecule has 0 spiro atoms. The summed E-state index contributed by atoms with van der Waals surface area (Å²) in [6.45, 7) is 0. The Bertz CT molecular complexity index is 1350. The Hall–Kier alpha value is -3.53. The Kier molecular flexibility index (Phi) is 3.72. The highest BCUT2D eigenvalue weighted by Crippen LogP contribution is 2.32. The first-order valence-electron chi connectivity index (χ1n) is 9.39. The van der Waals surface area contributed by atoms with Crippen LogP contribution in [0.2, 0.25) is 0 Å². The predicted octanol–water partition coefficient (Wildman–Crippen LogP) is 3.39. The molecule has 4 aromatic heterocycles. The zero-order valence-corrected chi connectivity index (χ0v) is 16.3. The molecule has 0 saturated carbocycles. The fourth-order valence-corrected chi connectivity index (χ4v) is 3.99. The summed E-state index contributed by atoms with van der Waals surface area (Å²) in [6, 6.07) is 23.0. The summed E-state index contributed by atoms with van der Waals surface area (Å²) < 4.78 is 12.8. The largest absolute Gasteiger partial charge is 0.449 e. The van der Waals surface area contributed by atoms with Crippen LogP contribution in [0.5, 0.6) is 0 Å². The topological polar surface area (TPSA) is 24.8 Å². The standard InChI is InChI=1S/C24H22N3O/c1-25-15-7-6-10-19(25)20-11-8-12-21(27(20)3)23-24-18(14-16-26(23)2)17-9-4-5-13-22(17)28-24/h4-16H,1-3H3/q+3. The summed E-state index contributed by atoms with van der Waals surface area (Å²) in [5.41, 5.74) is 6.31. The van der Waals surface area contributed by atoms with Gasteiger partial charge in [0.1, 0.15) is 26.7 Å². The molecule has 0 N–H and O–H groups in total. The smallest absolute Gasteiger partial charge is 0.320 e. The quantitative estimate of drug-likeness (QED) is 0.439. The Morgan fingerprint density at radius 2 is 1.36 bits per heavy atom. The number of hydrogen-bond acceptors (Lipinski definition) is 1. The fraction of sp³-hybridized carbons (Fsp3) is 0.125. The van der Waals surface area contributed by atoms with Crippen LogP contribution in [-0.4, -0.2) is 0 Å². The fourth-order valence-electron chi connectivity index (χ4n) is 3.99. The summed E-state index contributed by atoms with van der Waals surface area (Å²) >= 11 is 0. The lowest BCUT2D eigenvalue weighted by Gasteiger charge is -2.04. The lowest BCUT2D eigenvalue weighted by atomic mass is 10.1. The van der Waals surface area contributed by atoms with Crippen LogP contribution in [-0.2, 0) is 21.1 Å². The number of aryl methyl sites for hydroxylation is 2. The Morgan fingerprint density at radius 1 is 0.607 bits per heavy atom. The van der Waals surface area contributed by atoms with Gasteiger partial charge in [-0.05, 0) is 18.2 Å². The number of fused-ring (bicyclic) bond motifs is 3. The van der Waals surface area contributed by atoms with Gasteiger partial charge in [-0.15, -0.1) is 0 Å². The highest BCUT2D eigenvalue weighted by Gasteiger charge is 2.30. The van der Waals surface area contributed by atoms with Crippen molar-refractivity contribution in [2.24, 2.45) is 21.1 Å². The molecule has 5 rings (SSSR count). The van der Waals surface area contributed by atoms with Crippen molar-refractivity contribution >= 4 is 21.9 Å². The summed E-state index contributed by atoms with van der Waals surface area (Å²) in [5.74, 6) is 0. The van der Waals surface area contributed by atoms with Crippen LogP contribution in [0, 0.1) is 0 Å². The van der Waals surface area contributed by atoms with Crippen LogP contribution in [0.25, 0.3) is 44.7 Å². The predicted molar refractivity (Wildman–Crippen MR) is 108 cm³/mol. The van der Waals surface area contributed by atoms with E-state index in [9.17, 15) is 0 Å². The number of nitrogens with zero attached hydrogens (tertiary/aromatic N) is 3. The van der Waals surface area contributed by atoms with Crippen molar-refractivity contribution in [3.8, 4) is 22.8 Å². The summed E-state index contributed by atoms with van der Waals surface area (Å²) in [5, 5.41) is 2.28. The Morgan fingerprint density at radius 3 is 2.21 bits per heavy atom. The SMILES string of the molecule is C[n+]1ccccc1-c1cccc(-c2c3oc4ccccc4c3cc[n+]2C)[n+]1C. The molecule has 0 radical (unpaired) electrons. The number of rotatable bonds is 2. The highest BCUT2D eigenvalue weighted by atomic mass is 16.3. The third-order valence-electron chi connectivity index (χ3n) is 5.46. The van der Waals surface area contributed by atoms with E-state index >= 15 is 0 Å². The molecule has 0 unspecified atom stereocenters. The Labute approximate surface area is 163 Å². The molecular formula is C24H22N3O+3. The van der Waals surface area contributed by atoms with Crippen molar-refractivity contribution in [3.63, 3.8) is 0 Å². The maximum absolute atomic E-state index is 6.30.